The maximum absolute atomic E-state index is 12.7. The summed E-state index contributed by atoms with van der Waals surface area (Å²) in [4.78, 5) is 37.8. The van der Waals surface area contributed by atoms with Crippen LogP contribution in [0.3, 0.4) is 0 Å². The molecule has 0 bridgehead atoms. The van der Waals surface area contributed by atoms with Gasteiger partial charge < -0.3 is 19.5 Å². The van der Waals surface area contributed by atoms with E-state index in [-0.39, 0.29) is 24.2 Å². The molecular formula is C24H27N5O3. The number of carbonyl (C=O) groups excluding carboxylic acids is 2. The Hall–Kier alpha value is -3.68. The lowest BCUT2D eigenvalue weighted by molar-refractivity contribution is -0.128. The van der Waals surface area contributed by atoms with Gasteiger partial charge in [-0.1, -0.05) is 0 Å². The van der Waals surface area contributed by atoms with Gasteiger partial charge in [0.15, 0.2) is 0 Å². The Balaban J connectivity index is 1.40. The van der Waals surface area contributed by atoms with Crippen molar-refractivity contribution < 1.29 is 14.0 Å². The summed E-state index contributed by atoms with van der Waals surface area (Å²) in [6.07, 6.45) is 1.79. The minimum Gasteiger partial charge on any atom is -0.467 e. The molecule has 4 rings (SSSR count). The van der Waals surface area contributed by atoms with Gasteiger partial charge in [-0.2, -0.15) is 0 Å². The number of hydrogen-bond donors (Lipinski definition) is 1. The third kappa shape index (κ3) is 4.80. The summed E-state index contributed by atoms with van der Waals surface area (Å²) in [6.45, 7) is 7.43. The van der Waals surface area contributed by atoms with Crippen LogP contribution in [0.15, 0.2) is 53.1 Å². The quantitative estimate of drug-likeness (QED) is 0.609. The number of furan rings is 1. The second-order valence-electron chi connectivity index (χ2n) is 7.99. The first-order chi connectivity index (χ1) is 15.4. The van der Waals surface area contributed by atoms with E-state index in [2.05, 4.69) is 15.3 Å². The standard InChI is InChI=1S/C24H27N5O3/c1-4-29(24-25-16(2)12-17(3)26-24)20-9-7-19(8-10-20)27-23(31)18-13-22(30)28(14-18)15-21-6-5-11-32-21/h5-12,18H,4,13-15H2,1-3H3,(H,27,31). The predicted molar refractivity (Wildman–Crippen MR) is 121 cm³/mol. The Morgan fingerprint density at radius 3 is 2.53 bits per heavy atom. The normalized spacial score (nSPS) is 15.8. The van der Waals surface area contributed by atoms with Gasteiger partial charge in [0.05, 0.1) is 18.7 Å². The summed E-state index contributed by atoms with van der Waals surface area (Å²) in [5.74, 6) is 0.793. The fourth-order valence-corrected chi connectivity index (χ4v) is 3.93. The lowest BCUT2D eigenvalue weighted by Gasteiger charge is -2.22. The first kappa shape index (κ1) is 21.5. The summed E-state index contributed by atoms with van der Waals surface area (Å²) in [7, 11) is 0. The van der Waals surface area contributed by atoms with Crippen LogP contribution in [0.25, 0.3) is 0 Å². The third-order valence-corrected chi connectivity index (χ3v) is 5.49. The number of nitrogens with zero attached hydrogens (tertiary/aromatic N) is 4. The molecule has 8 nitrogen and oxygen atoms in total. The highest BCUT2D eigenvalue weighted by atomic mass is 16.3. The Kier molecular flexibility index (Phi) is 6.20. The molecule has 3 heterocycles. The van der Waals surface area contributed by atoms with E-state index in [4.69, 9.17) is 4.42 Å². The van der Waals surface area contributed by atoms with Gasteiger partial charge in [-0.3, -0.25) is 9.59 Å². The van der Waals surface area contributed by atoms with Gasteiger partial charge in [0.2, 0.25) is 17.8 Å². The SMILES string of the molecule is CCN(c1ccc(NC(=O)C2CC(=O)N(Cc3ccco3)C2)cc1)c1nc(C)cc(C)n1. The molecule has 0 saturated carbocycles. The molecule has 1 aromatic carbocycles. The van der Waals surface area contributed by atoms with Crippen molar-refractivity contribution in [2.45, 2.75) is 33.7 Å². The molecule has 8 heteroatoms. The summed E-state index contributed by atoms with van der Waals surface area (Å²) in [6, 6.07) is 13.1. The van der Waals surface area contributed by atoms with Crippen LogP contribution in [0, 0.1) is 19.8 Å². The number of aryl methyl sites for hydroxylation is 2. The van der Waals surface area contributed by atoms with E-state index in [9.17, 15) is 9.59 Å². The average molecular weight is 434 g/mol. The number of likely N-dealkylation sites (tertiary alicyclic amines) is 1. The molecule has 166 valence electrons. The molecule has 1 saturated heterocycles. The number of rotatable bonds is 7. The van der Waals surface area contributed by atoms with Crippen molar-refractivity contribution in [2.75, 3.05) is 23.3 Å². The van der Waals surface area contributed by atoms with E-state index in [0.717, 1.165) is 17.1 Å². The van der Waals surface area contributed by atoms with Gasteiger partial charge in [0.25, 0.3) is 0 Å². The molecular weight excluding hydrogens is 406 g/mol. The van der Waals surface area contributed by atoms with Gasteiger partial charge in [-0.05, 0) is 63.2 Å². The molecule has 1 fully saturated rings. The zero-order valence-corrected chi connectivity index (χ0v) is 18.5. The second-order valence-corrected chi connectivity index (χ2v) is 7.99. The van der Waals surface area contributed by atoms with E-state index in [0.29, 0.717) is 37.0 Å². The van der Waals surface area contributed by atoms with Crippen LogP contribution in [0.1, 0.15) is 30.5 Å². The zero-order chi connectivity index (χ0) is 22.7. The lowest BCUT2D eigenvalue weighted by Crippen LogP contribution is -2.27. The van der Waals surface area contributed by atoms with Crippen LogP contribution < -0.4 is 10.2 Å². The van der Waals surface area contributed by atoms with Gasteiger partial charge in [0.1, 0.15) is 5.76 Å². The molecule has 0 spiro atoms. The summed E-state index contributed by atoms with van der Waals surface area (Å²) in [5, 5.41) is 2.93. The van der Waals surface area contributed by atoms with Gasteiger partial charge in [-0.15, -0.1) is 0 Å². The lowest BCUT2D eigenvalue weighted by atomic mass is 10.1. The second kappa shape index (κ2) is 9.21. The largest absolute Gasteiger partial charge is 0.467 e. The average Bonchev–Trinajstić information content (AvgIpc) is 3.39. The minimum absolute atomic E-state index is 0.0380. The first-order valence-electron chi connectivity index (χ1n) is 10.7. The number of amides is 2. The molecule has 3 aromatic rings. The Bertz CT molecular complexity index is 1080. The molecule has 2 aromatic heterocycles. The Labute approximate surface area is 187 Å². The fraction of sp³-hybridized carbons (Fsp3) is 0.333. The highest BCUT2D eigenvalue weighted by Crippen LogP contribution is 2.26. The maximum atomic E-state index is 12.7. The highest BCUT2D eigenvalue weighted by Gasteiger charge is 2.34. The molecule has 32 heavy (non-hydrogen) atoms. The van der Waals surface area contributed by atoms with Gasteiger partial charge >= 0.3 is 0 Å². The predicted octanol–water partition coefficient (Wildman–Crippen LogP) is 3.83. The van der Waals surface area contributed by atoms with Crippen LogP contribution in [0.2, 0.25) is 0 Å². The van der Waals surface area contributed by atoms with Crippen molar-refractivity contribution >= 4 is 29.1 Å². The molecule has 0 radical (unpaired) electrons. The van der Waals surface area contributed by atoms with E-state index >= 15 is 0 Å². The van der Waals surface area contributed by atoms with Crippen LogP contribution in [-0.4, -0.2) is 39.8 Å². The van der Waals surface area contributed by atoms with Gasteiger partial charge in [-0.25, -0.2) is 9.97 Å². The van der Waals surface area contributed by atoms with Crippen LogP contribution >= 0.6 is 0 Å². The summed E-state index contributed by atoms with van der Waals surface area (Å²) < 4.78 is 5.31. The number of aromatic nitrogens is 2. The Morgan fingerprint density at radius 2 is 1.91 bits per heavy atom. The van der Waals surface area contributed by atoms with Crippen LogP contribution in [0.4, 0.5) is 17.3 Å². The van der Waals surface area contributed by atoms with E-state index in [1.807, 2.05) is 62.1 Å². The number of carbonyl (C=O) groups is 2. The minimum atomic E-state index is -0.382. The molecule has 1 aliphatic rings. The zero-order valence-electron chi connectivity index (χ0n) is 18.5. The van der Waals surface area contributed by atoms with Crippen molar-refractivity contribution in [2.24, 2.45) is 5.92 Å². The maximum Gasteiger partial charge on any atom is 0.230 e. The molecule has 2 amide bonds. The van der Waals surface area contributed by atoms with Crippen molar-refractivity contribution in [3.8, 4) is 0 Å². The van der Waals surface area contributed by atoms with E-state index < -0.39 is 0 Å². The first-order valence-corrected chi connectivity index (χ1v) is 10.7. The third-order valence-electron chi connectivity index (χ3n) is 5.49. The topological polar surface area (TPSA) is 91.6 Å². The van der Waals surface area contributed by atoms with Crippen molar-refractivity contribution in [3.63, 3.8) is 0 Å². The number of hydrogen-bond acceptors (Lipinski definition) is 6. The number of nitrogens with one attached hydrogen (secondary N) is 1. The van der Waals surface area contributed by atoms with Crippen LogP contribution in [0.5, 0.6) is 0 Å². The molecule has 1 aliphatic heterocycles. The van der Waals surface area contributed by atoms with Crippen molar-refractivity contribution in [1.82, 2.24) is 14.9 Å². The molecule has 0 aliphatic carbocycles. The van der Waals surface area contributed by atoms with E-state index in [1.165, 1.54) is 0 Å². The van der Waals surface area contributed by atoms with E-state index in [1.54, 1.807) is 17.2 Å². The highest BCUT2D eigenvalue weighted by molar-refractivity contribution is 5.97. The van der Waals surface area contributed by atoms with Crippen molar-refractivity contribution in [3.05, 3.63) is 65.9 Å². The summed E-state index contributed by atoms with van der Waals surface area (Å²) >= 11 is 0. The van der Waals surface area contributed by atoms with Crippen molar-refractivity contribution in [1.29, 1.82) is 0 Å². The number of anilines is 3. The Morgan fingerprint density at radius 1 is 1.19 bits per heavy atom. The van der Waals surface area contributed by atoms with Crippen LogP contribution in [-0.2, 0) is 16.1 Å². The smallest absolute Gasteiger partial charge is 0.230 e. The molecule has 1 atom stereocenters. The molecule has 1 unspecified atom stereocenters. The monoisotopic (exact) mass is 433 g/mol. The fourth-order valence-electron chi connectivity index (χ4n) is 3.93. The van der Waals surface area contributed by atoms with Gasteiger partial charge in [0, 0.05) is 42.3 Å². The summed E-state index contributed by atoms with van der Waals surface area (Å²) in [5.41, 5.74) is 3.47. The number of benzene rings is 1. The molecule has 1 N–H and O–H groups in total.